The molecule has 2 nitrogen and oxygen atoms in total. The highest BCUT2D eigenvalue weighted by Crippen LogP contribution is 2.13. The number of hydrogen-bond acceptors (Lipinski definition) is 2. The molecule has 0 saturated heterocycles. The van der Waals surface area contributed by atoms with E-state index in [0.717, 1.165) is 26.1 Å². The van der Waals surface area contributed by atoms with Gasteiger partial charge in [-0.05, 0) is 46.0 Å². The van der Waals surface area contributed by atoms with Crippen molar-refractivity contribution in [2.75, 3.05) is 13.2 Å². The van der Waals surface area contributed by atoms with Crippen molar-refractivity contribution in [2.45, 2.75) is 104 Å². The lowest BCUT2D eigenvalue weighted by atomic mass is 10.1. The molecule has 0 aromatic heterocycles. The van der Waals surface area contributed by atoms with Gasteiger partial charge >= 0.3 is 0 Å². The second-order valence-electron chi connectivity index (χ2n) is 6.36. The molecule has 2 heteroatoms. The highest BCUT2D eigenvalue weighted by atomic mass is 16.7. The molecule has 0 amide bonds. The van der Waals surface area contributed by atoms with Gasteiger partial charge in [0, 0.05) is 13.2 Å². The van der Waals surface area contributed by atoms with Crippen molar-refractivity contribution in [1.82, 2.24) is 0 Å². The van der Waals surface area contributed by atoms with E-state index in [9.17, 15) is 0 Å². The van der Waals surface area contributed by atoms with Crippen LogP contribution in [0.1, 0.15) is 97.8 Å². The minimum atomic E-state index is 0.0199. The van der Waals surface area contributed by atoms with Crippen LogP contribution in [0, 0.1) is 0 Å². The summed E-state index contributed by atoms with van der Waals surface area (Å²) in [6.07, 6.45) is 24.5. The first-order chi connectivity index (χ1) is 11.8. The standard InChI is InChI=1S/C22H42O2/c1-4-7-8-9-10-11-12-13-14-15-16-17-18-19-20-21-22(23-5-2)24-6-3/h7-10,22H,4-6,11-21H2,1-3H3/b8-7+,10-9-. The fourth-order valence-corrected chi connectivity index (χ4v) is 2.79. The monoisotopic (exact) mass is 338 g/mol. The van der Waals surface area contributed by atoms with Crippen LogP contribution < -0.4 is 0 Å². The maximum Gasteiger partial charge on any atom is 0.157 e. The molecule has 0 spiro atoms. The molecule has 0 unspecified atom stereocenters. The van der Waals surface area contributed by atoms with E-state index in [-0.39, 0.29) is 6.29 Å². The summed E-state index contributed by atoms with van der Waals surface area (Å²) in [5.41, 5.74) is 0. The van der Waals surface area contributed by atoms with Gasteiger partial charge in [0.15, 0.2) is 6.29 Å². The molecular weight excluding hydrogens is 296 g/mol. The van der Waals surface area contributed by atoms with Crippen LogP contribution in [0.25, 0.3) is 0 Å². The van der Waals surface area contributed by atoms with Crippen LogP contribution >= 0.6 is 0 Å². The molecule has 0 fully saturated rings. The summed E-state index contributed by atoms with van der Waals surface area (Å²) < 4.78 is 11.1. The Hall–Kier alpha value is -0.600. The predicted molar refractivity (Wildman–Crippen MR) is 106 cm³/mol. The molecule has 0 saturated carbocycles. The van der Waals surface area contributed by atoms with Crippen molar-refractivity contribution in [1.29, 1.82) is 0 Å². The summed E-state index contributed by atoms with van der Waals surface area (Å²) in [6, 6.07) is 0. The van der Waals surface area contributed by atoms with Gasteiger partial charge in [0.1, 0.15) is 0 Å². The van der Waals surface area contributed by atoms with Crippen LogP contribution in [0.3, 0.4) is 0 Å². The van der Waals surface area contributed by atoms with Gasteiger partial charge in [-0.2, -0.15) is 0 Å². The molecule has 142 valence electrons. The largest absolute Gasteiger partial charge is 0.353 e. The van der Waals surface area contributed by atoms with E-state index in [2.05, 4.69) is 31.2 Å². The van der Waals surface area contributed by atoms with E-state index in [1.165, 1.54) is 64.2 Å². The van der Waals surface area contributed by atoms with Gasteiger partial charge in [0.05, 0.1) is 0 Å². The Balaban J connectivity index is 3.25. The van der Waals surface area contributed by atoms with Crippen LogP contribution in [0.5, 0.6) is 0 Å². The van der Waals surface area contributed by atoms with Gasteiger partial charge < -0.3 is 9.47 Å². The van der Waals surface area contributed by atoms with Crippen molar-refractivity contribution in [3.05, 3.63) is 24.3 Å². The minimum absolute atomic E-state index is 0.0199. The maximum absolute atomic E-state index is 5.57. The van der Waals surface area contributed by atoms with Crippen molar-refractivity contribution in [2.24, 2.45) is 0 Å². The first-order valence-corrected chi connectivity index (χ1v) is 10.4. The van der Waals surface area contributed by atoms with Crippen LogP contribution in [0.2, 0.25) is 0 Å². The van der Waals surface area contributed by atoms with E-state index < -0.39 is 0 Å². The average molecular weight is 339 g/mol. The number of rotatable bonds is 18. The lowest BCUT2D eigenvalue weighted by Gasteiger charge is -2.16. The molecule has 0 aromatic carbocycles. The zero-order valence-electron chi connectivity index (χ0n) is 16.6. The van der Waals surface area contributed by atoms with Gasteiger partial charge in [-0.3, -0.25) is 0 Å². The SMILES string of the molecule is CC/C=C/C=C\CCCCCCCCCCCC(OCC)OCC. The molecule has 0 rings (SSSR count). The van der Waals surface area contributed by atoms with E-state index >= 15 is 0 Å². The zero-order chi connectivity index (χ0) is 17.7. The molecule has 24 heavy (non-hydrogen) atoms. The van der Waals surface area contributed by atoms with Crippen LogP contribution in [-0.4, -0.2) is 19.5 Å². The molecule has 0 heterocycles. The summed E-state index contributed by atoms with van der Waals surface area (Å²) in [6.45, 7) is 7.73. The Bertz CT molecular complexity index is 278. The summed E-state index contributed by atoms with van der Waals surface area (Å²) in [7, 11) is 0. The van der Waals surface area contributed by atoms with Gasteiger partial charge in [0.25, 0.3) is 0 Å². The lowest BCUT2D eigenvalue weighted by Crippen LogP contribution is -2.17. The third-order valence-electron chi connectivity index (χ3n) is 4.13. The summed E-state index contributed by atoms with van der Waals surface area (Å²) >= 11 is 0. The van der Waals surface area contributed by atoms with Crippen molar-refractivity contribution < 1.29 is 9.47 Å². The van der Waals surface area contributed by atoms with Crippen molar-refractivity contribution >= 4 is 0 Å². The molecule has 0 aliphatic rings. The third-order valence-corrected chi connectivity index (χ3v) is 4.13. The Labute approximate surface area is 151 Å². The first kappa shape index (κ1) is 23.4. The van der Waals surface area contributed by atoms with E-state index in [1.807, 2.05) is 13.8 Å². The number of allylic oxidation sites excluding steroid dienone is 4. The van der Waals surface area contributed by atoms with Crippen LogP contribution in [0.4, 0.5) is 0 Å². The highest BCUT2D eigenvalue weighted by Gasteiger charge is 2.06. The molecule has 0 radical (unpaired) electrons. The van der Waals surface area contributed by atoms with Gasteiger partial charge in [0.2, 0.25) is 0 Å². The van der Waals surface area contributed by atoms with Crippen molar-refractivity contribution in [3.63, 3.8) is 0 Å². The van der Waals surface area contributed by atoms with E-state index in [1.54, 1.807) is 0 Å². The average Bonchev–Trinajstić information content (AvgIpc) is 2.58. The lowest BCUT2D eigenvalue weighted by molar-refractivity contribution is -0.140. The molecular formula is C22H42O2. The fourth-order valence-electron chi connectivity index (χ4n) is 2.79. The molecule has 0 aliphatic heterocycles. The highest BCUT2D eigenvalue weighted by molar-refractivity contribution is 5.01. The van der Waals surface area contributed by atoms with E-state index in [4.69, 9.17) is 9.47 Å². The third kappa shape index (κ3) is 17.7. The molecule has 0 bridgehead atoms. The van der Waals surface area contributed by atoms with Gasteiger partial charge in [-0.15, -0.1) is 0 Å². The molecule has 0 aliphatic carbocycles. The Morgan fingerprint density at radius 2 is 1.12 bits per heavy atom. The Kier molecular flexibility index (Phi) is 19.9. The Morgan fingerprint density at radius 1 is 0.625 bits per heavy atom. The first-order valence-electron chi connectivity index (χ1n) is 10.4. The van der Waals surface area contributed by atoms with Gasteiger partial charge in [-0.1, -0.05) is 76.2 Å². The zero-order valence-corrected chi connectivity index (χ0v) is 16.6. The van der Waals surface area contributed by atoms with Crippen LogP contribution in [0.15, 0.2) is 24.3 Å². The smallest absolute Gasteiger partial charge is 0.157 e. The van der Waals surface area contributed by atoms with Gasteiger partial charge in [-0.25, -0.2) is 0 Å². The summed E-state index contributed by atoms with van der Waals surface area (Å²) in [5, 5.41) is 0. The van der Waals surface area contributed by atoms with Crippen molar-refractivity contribution in [3.8, 4) is 0 Å². The summed E-state index contributed by atoms with van der Waals surface area (Å²) in [4.78, 5) is 0. The summed E-state index contributed by atoms with van der Waals surface area (Å²) in [5.74, 6) is 0. The minimum Gasteiger partial charge on any atom is -0.353 e. The predicted octanol–water partition coefficient (Wildman–Crippen LogP) is 7.20. The topological polar surface area (TPSA) is 18.5 Å². The number of unbranched alkanes of at least 4 members (excludes halogenated alkanes) is 9. The fraction of sp³-hybridized carbons (Fsp3) is 0.818. The number of hydrogen-bond donors (Lipinski definition) is 0. The maximum atomic E-state index is 5.57. The second-order valence-corrected chi connectivity index (χ2v) is 6.36. The quantitative estimate of drug-likeness (QED) is 0.149. The molecule has 0 N–H and O–H groups in total. The Morgan fingerprint density at radius 3 is 1.67 bits per heavy atom. The molecule has 0 aromatic rings. The van der Waals surface area contributed by atoms with Crippen LogP contribution in [-0.2, 0) is 9.47 Å². The van der Waals surface area contributed by atoms with E-state index in [0.29, 0.717) is 0 Å². The number of ether oxygens (including phenoxy) is 2. The normalized spacial score (nSPS) is 12.2. The molecule has 0 atom stereocenters. The second kappa shape index (κ2) is 20.4.